The van der Waals surface area contributed by atoms with Crippen molar-refractivity contribution in [2.45, 2.75) is 70.8 Å². The number of pyridine rings is 1. The Morgan fingerprint density at radius 2 is 2.15 bits per heavy atom. The second-order valence-corrected chi connectivity index (χ2v) is 6.47. The maximum atomic E-state index is 6.15. The molecule has 1 aromatic rings. The molecule has 112 valence electrons. The summed E-state index contributed by atoms with van der Waals surface area (Å²) in [5, 5.41) is 0. The summed E-state index contributed by atoms with van der Waals surface area (Å²) in [7, 11) is 0. The van der Waals surface area contributed by atoms with Crippen molar-refractivity contribution in [2.24, 2.45) is 5.92 Å². The second kappa shape index (κ2) is 7.31. The van der Waals surface area contributed by atoms with Gasteiger partial charge in [0.25, 0.3) is 0 Å². The quantitative estimate of drug-likeness (QED) is 0.688. The average molecular weight is 296 g/mol. The minimum atomic E-state index is 0.326. The number of halogens is 1. The SMILES string of the molecule is CCC1CCCC(Oc2cc(CCl)cc(C(C)C)n2)C1. The minimum absolute atomic E-state index is 0.326. The van der Waals surface area contributed by atoms with Gasteiger partial charge in [-0.3, -0.25) is 0 Å². The molecule has 20 heavy (non-hydrogen) atoms. The largest absolute Gasteiger partial charge is 0.474 e. The van der Waals surface area contributed by atoms with Crippen molar-refractivity contribution in [3.05, 3.63) is 23.4 Å². The van der Waals surface area contributed by atoms with Gasteiger partial charge in [0.1, 0.15) is 6.10 Å². The van der Waals surface area contributed by atoms with Crippen LogP contribution < -0.4 is 4.74 Å². The Morgan fingerprint density at radius 3 is 2.80 bits per heavy atom. The maximum absolute atomic E-state index is 6.15. The zero-order valence-electron chi connectivity index (χ0n) is 12.9. The van der Waals surface area contributed by atoms with Gasteiger partial charge in [0.15, 0.2) is 0 Å². The fraction of sp³-hybridized carbons (Fsp3) is 0.706. The van der Waals surface area contributed by atoms with E-state index in [9.17, 15) is 0 Å². The molecule has 2 unspecified atom stereocenters. The summed E-state index contributed by atoms with van der Waals surface area (Å²) in [6.07, 6.45) is 6.53. The molecular formula is C17H26ClNO. The van der Waals surface area contributed by atoms with Crippen LogP contribution in [-0.2, 0) is 5.88 Å². The van der Waals surface area contributed by atoms with Crippen LogP contribution in [0.25, 0.3) is 0 Å². The summed E-state index contributed by atoms with van der Waals surface area (Å²) in [5.74, 6) is 2.49. The van der Waals surface area contributed by atoms with Gasteiger partial charge in [0.05, 0.1) is 0 Å². The molecule has 0 spiro atoms. The standard InChI is InChI=1S/C17H26ClNO/c1-4-13-6-5-7-15(8-13)20-17-10-14(11-18)9-16(19-17)12(2)3/h9-10,12-13,15H,4-8,11H2,1-3H3. The number of aromatic nitrogens is 1. The molecule has 1 heterocycles. The molecule has 2 nitrogen and oxygen atoms in total. The third-order valence-corrected chi connectivity index (χ3v) is 4.54. The van der Waals surface area contributed by atoms with E-state index in [2.05, 4.69) is 31.8 Å². The molecule has 0 saturated heterocycles. The smallest absolute Gasteiger partial charge is 0.214 e. The van der Waals surface area contributed by atoms with Crippen LogP contribution in [0.15, 0.2) is 12.1 Å². The summed E-state index contributed by atoms with van der Waals surface area (Å²) < 4.78 is 6.15. The van der Waals surface area contributed by atoms with Crippen molar-refractivity contribution < 1.29 is 4.74 Å². The van der Waals surface area contributed by atoms with E-state index in [1.165, 1.54) is 25.7 Å². The third kappa shape index (κ3) is 4.12. The van der Waals surface area contributed by atoms with Crippen LogP contribution in [0.5, 0.6) is 5.88 Å². The van der Waals surface area contributed by atoms with Crippen molar-refractivity contribution in [3.63, 3.8) is 0 Å². The van der Waals surface area contributed by atoms with Crippen molar-refractivity contribution in [2.75, 3.05) is 0 Å². The van der Waals surface area contributed by atoms with Crippen LogP contribution in [0, 0.1) is 5.92 Å². The van der Waals surface area contributed by atoms with Crippen LogP contribution in [-0.4, -0.2) is 11.1 Å². The summed E-state index contributed by atoms with van der Waals surface area (Å²) in [6, 6.07) is 4.08. The number of alkyl halides is 1. The minimum Gasteiger partial charge on any atom is -0.474 e. The molecule has 0 amide bonds. The first-order valence-corrected chi connectivity index (χ1v) is 8.39. The van der Waals surface area contributed by atoms with Gasteiger partial charge in [-0.25, -0.2) is 4.98 Å². The maximum Gasteiger partial charge on any atom is 0.214 e. The molecule has 2 rings (SSSR count). The van der Waals surface area contributed by atoms with E-state index in [4.69, 9.17) is 16.3 Å². The molecule has 0 aliphatic heterocycles. The van der Waals surface area contributed by atoms with Crippen molar-refractivity contribution in [3.8, 4) is 5.88 Å². The molecule has 0 N–H and O–H groups in total. The van der Waals surface area contributed by atoms with E-state index < -0.39 is 0 Å². The van der Waals surface area contributed by atoms with E-state index in [0.717, 1.165) is 29.5 Å². The zero-order valence-corrected chi connectivity index (χ0v) is 13.6. The number of ether oxygens (including phenoxy) is 1. The Kier molecular flexibility index (Phi) is 5.71. The normalized spacial score (nSPS) is 23.1. The lowest BCUT2D eigenvalue weighted by Crippen LogP contribution is -2.25. The zero-order chi connectivity index (χ0) is 14.5. The molecule has 0 radical (unpaired) electrons. The average Bonchev–Trinajstić information content (AvgIpc) is 2.47. The molecule has 3 heteroatoms. The highest BCUT2D eigenvalue weighted by atomic mass is 35.5. The summed E-state index contributed by atoms with van der Waals surface area (Å²) in [6.45, 7) is 6.58. The van der Waals surface area contributed by atoms with Crippen LogP contribution >= 0.6 is 11.6 Å². The van der Waals surface area contributed by atoms with Crippen molar-refractivity contribution in [1.82, 2.24) is 4.98 Å². The van der Waals surface area contributed by atoms with Gasteiger partial charge in [-0.2, -0.15) is 0 Å². The lowest BCUT2D eigenvalue weighted by Gasteiger charge is -2.28. The Morgan fingerprint density at radius 1 is 1.35 bits per heavy atom. The molecule has 1 saturated carbocycles. The van der Waals surface area contributed by atoms with E-state index >= 15 is 0 Å². The van der Waals surface area contributed by atoms with Gasteiger partial charge < -0.3 is 4.74 Å². The van der Waals surface area contributed by atoms with Gasteiger partial charge in [-0.15, -0.1) is 11.6 Å². The van der Waals surface area contributed by atoms with Gasteiger partial charge in [0, 0.05) is 17.6 Å². The Labute approximate surface area is 127 Å². The van der Waals surface area contributed by atoms with Gasteiger partial charge in [-0.05, 0) is 42.7 Å². The first kappa shape index (κ1) is 15.6. The lowest BCUT2D eigenvalue weighted by molar-refractivity contribution is 0.116. The number of rotatable bonds is 5. The molecule has 1 aromatic heterocycles. The summed E-state index contributed by atoms with van der Waals surface area (Å²) in [5.41, 5.74) is 2.17. The Hall–Kier alpha value is -0.760. The summed E-state index contributed by atoms with van der Waals surface area (Å²) >= 11 is 5.98. The van der Waals surface area contributed by atoms with E-state index in [-0.39, 0.29) is 0 Å². The number of hydrogen-bond donors (Lipinski definition) is 0. The molecule has 1 aliphatic rings. The third-order valence-electron chi connectivity index (χ3n) is 4.23. The highest BCUT2D eigenvalue weighted by Gasteiger charge is 2.22. The van der Waals surface area contributed by atoms with E-state index in [1.54, 1.807) is 0 Å². The Bertz CT molecular complexity index is 433. The first-order chi connectivity index (χ1) is 9.62. The highest BCUT2D eigenvalue weighted by molar-refractivity contribution is 6.17. The molecule has 0 aromatic carbocycles. The van der Waals surface area contributed by atoms with Crippen LogP contribution in [0.1, 0.15) is 70.1 Å². The molecule has 1 aliphatic carbocycles. The van der Waals surface area contributed by atoms with E-state index in [0.29, 0.717) is 17.9 Å². The Balaban J connectivity index is 2.09. The van der Waals surface area contributed by atoms with E-state index in [1.807, 2.05) is 6.07 Å². The topological polar surface area (TPSA) is 22.1 Å². The van der Waals surface area contributed by atoms with Crippen LogP contribution in [0.3, 0.4) is 0 Å². The van der Waals surface area contributed by atoms with Crippen molar-refractivity contribution >= 4 is 11.6 Å². The predicted molar refractivity (Wildman–Crippen MR) is 84.5 cm³/mol. The number of nitrogens with zero attached hydrogens (tertiary/aromatic N) is 1. The predicted octanol–water partition coefficient (Wildman–Crippen LogP) is 5.29. The monoisotopic (exact) mass is 295 g/mol. The van der Waals surface area contributed by atoms with Gasteiger partial charge in [-0.1, -0.05) is 33.6 Å². The second-order valence-electron chi connectivity index (χ2n) is 6.21. The first-order valence-electron chi connectivity index (χ1n) is 7.85. The van der Waals surface area contributed by atoms with Gasteiger partial charge in [0.2, 0.25) is 5.88 Å². The fourth-order valence-corrected chi connectivity index (χ4v) is 3.06. The van der Waals surface area contributed by atoms with Crippen LogP contribution in [0.4, 0.5) is 0 Å². The molecular weight excluding hydrogens is 270 g/mol. The molecule has 0 bridgehead atoms. The molecule has 1 fully saturated rings. The van der Waals surface area contributed by atoms with Crippen LogP contribution in [0.2, 0.25) is 0 Å². The lowest BCUT2D eigenvalue weighted by atomic mass is 9.85. The van der Waals surface area contributed by atoms with Crippen molar-refractivity contribution in [1.29, 1.82) is 0 Å². The van der Waals surface area contributed by atoms with Gasteiger partial charge >= 0.3 is 0 Å². The molecule has 2 atom stereocenters. The highest BCUT2D eigenvalue weighted by Crippen LogP contribution is 2.30. The fourth-order valence-electron chi connectivity index (χ4n) is 2.91. The number of hydrogen-bond acceptors (Lipinski definition) is 2. The summed E-state index contributed by atoms with van der Waals surface area (Å²) in [4.78, 5) is 4.64.